The smallest absolute Gasteiger partial charge is 0.275 e. The summed E-state index contributed by atoms with van der Waals surface area (Å²) in [5.41, 5.74) is 2.35. The fourth-order valence-corrected chi connectivity index (χ4v) is 3.66. The molecule has 4 nitrogen and oxygen atoms in total. The molecule has 2 N–H and O–H groups in total. The minimum Gasteiger partial charge on any atom is -0.359 e. The molecule has 1 fully saturated rings. The number of amides is 1. The van der Waals surface area contributed by atoms with Crippen molar-refractivity contribution < 1.29 is 9.69 Å². The summed E-state index contributed by atoms with van der Waals surface area (Å²) in [7, 11) is 0. The average Bonchev–Trinajstić information content (AvgIpc) is 2.68. The maximum atomic E-state index is 12.3. The zero-order valence-corrected chi connectivity index (χ0v) is 16.0. The van der Waals surface area contributed by atoms with Gasteiger partial charge in [-0.1, -0.05) is 61.0 Å². The number of nitrogens with one attached hydrogen (secondary N) is 2. The second-order valence-corrected chi connectivity index (χ2v) is 7.39. The Morgan fingerprint density at radius 2 is 1.77 bits per heavy atom. The molecule has 0 unspecified atom stereocenters. The molecule has 1 saturated heterocycles. The molecule has 3 rings (SSSR count). The second kappa shape index (κ2) is 9.06. The summed E-state index contributed by atoms with van der Waals surface area (Å²) < 4.78 is 0. The highest BCUT2D eigenvalue weighted by Crippen LogP contribution is 2.24. The van der Waals surface area contributed by atoms with E-state index in [2.05, 4.69) is 35.3 Å². The van der Waals surface area contributed by atoms with Gasteiger partial charge in [0, 0.05) is 6.54 Å². The lowest BCUT2D eigenvalue weighted by Gasteiger charge is -2.33. The highest BCUT2D eigenvalue weighted by atomic mass is 35.5. The number of rotatable bonds is 6. The van der Waals surface area contributed by atoms with Gasteiger partial charge in [-0.3, -0.25) is 4.79 Å². The highest BCUT2D eigenvalue weighted by Gasteiger charge is 2.23. The zero-order chi connectivity index (χ0) is 18.4. The first-order valence-electron chi connectivity index (χ1n) is 9.28. The molecule has 0 spiro atoms. The Kier molecular flexibility index (Phi) is 6.53. The van der Waals surface area contributed by atoms with Crippen LogP contribution in [-0.4, -0.2) is 45.2 Å². The molecular formula is C21H27ClN3O+. The van der Waals surface area contributed by atoms with Gasteiger partial charge in [0.2, 0.25) is 0 Å². The topological polar surface area (TPSA) is 36.8 Å². The third-order valence-electron chi connectivity index (χ3n) is 5.05. The summed E-state index contributed by atoms with van der Waals surface area (Å²) in [6.07, 6.45) is 0. The molecule has 0 aromatic heterocycles. The zero-order valence-electron chi connectivity index (χ0n) is 15.2. The predicted molar refractivity (Wildman–Crippen MR) is 107 cm³/mol. The molecule has 1 amide bonds. The number of nitrogens with zero attached hydrogens (tertiary/aromatic N) is 1. The standard InChI is InChI=1S/C21H26ClN3O/c1-17(18-7-3-2-4-8-18)15-23-21(26)16-24-11-13-25(14-12-24)20-10-6-5-9-19(20)22/h2-10,17H,11-16H2,1H3,(H,23,26)/p+1/t17-/m0/s1. The van der Waals surface area contributed by atoms with E-state index in [1.807, 2.05) is 36.4 Å². The number of quaternary nitrogens is 1. The predicted octanol–water partition coefficient (Wildman–Crippen LogP) is 1.96. The van der Waals surface area contributed by atoms with Crippen molar-refractivity contribution in [2.45, 2.75) is 12.8 Å². The minimum absolute atomic E-state index is 0.133. The lowest BCUT2D eigenvalue weighted by Crippen LogP contribution is -3.16. The monoisotopic (exact) mass is 372 g/mol. The van der Waals surface area contributed by atoms with Crippen molar-refractivity contribution in [3.8, 4) is 0 Å². The van der Waals surface area contributed by atoms with Gasteiger partial charge in [0.1, 0.15) is 0 Å². The van der Waals surface area contributed by atoms with Crippen LogP contribution in [0, 0.1) is 0 Å². The summed E-state index contributed by atoms with van der Waals surface area (Å²) in [5, 5.41) is 3.88. The summed E-state index contributed by atoms with van der Waals surface area (Å²) >= 11 is 6.29. The summed E-state index contributed by atoms with van der Waals surface area (Å²) in [6.45, 7) is 7.11. The second-order valence-electron chi connectivity index (χ2n) is 6.98. The Labute approximate surface area is 160 Å². The van der Waals surface area contributed by atoms with Gasteiger partial charge in [-0.15, -0.1) is 0 Å². The number of benzene rings is 2. The Morgan fingerprint density at radius 3 is 2.46 bits per heavy atom. The van der Waals surface area contributed by atoms with Crippen LogP contribution in [0.25, 0.3) is 0 Å². The van der Waals surface area contributed by atoms with Crippen molar-refractivity contribution in [1.82, 2.24) is 5.32 Å². The van der Waals surface area contributed by atoms with Crippen molar-refractivity contribution in [3.63, 3.8) is 0 Å². The number of carbonyl (C=O) groups is 1. The first-order valence-corrected chi connectivity index (χ1v) is 9.66. The first-order chi connectivity index (χ1) is 12.6. The molecule has 1 aliphatic heterocycles. The molecule has 1 aliphatic rings. The van der Waals surface area contributed by atoms with Crippen molar-refractivity contribution >= 4 is 23.2 Å². The van der Waals surface area contributed by atoms with E-state index in [0.717, 1.165) is 36.9 Å². The maximum absolute atomic E-state index is 12.3. The number of para-hydroxylation sites is 1. The van der Waals surface area contributed by atoms with E-state index < -0.39 is 0 Å². The van der Waals surface area contributed by atoms with Crippen LogP contribution in [0.2, 0.25) is 5.02 Å². The number of anilines is 1. The highest BCUT2D eigenvalue weighted by molar-refractivity contribution is 6.33. The fraction of sp³-hybridized carbons (Fsp3) is 0.381. The van der Waals surface area contributed by atoms with E-state index in [4.69, 9.17) is 11.6 Å². The molecule has 0 saturated carbocycles. The number of piperazine rings is 1. The van der Waals surface area contributed by atoms with E-state index in [1.54, 1.807) is 0 Å². The molecule has 26 heavy (non-hydrogen) atoms. The number of halogens is 1. The molecule has 5 heteroatoms. The molecule has 0 aliphatic carbocycles. The third kappa shape index (κ3) is 4.99. The van der Waals surface area contributed by atoms with Gasteiger partial charge in [0.25, 0.3) is 5.91 Å². The fourth-order valence-electron chi connectivity index (χ4n) is 3.40. The summed E-state index contributed by atoms with van der Waals surface area (Å²) in [5.74, 6) is 0.459. The van der Waals surface area contributed by atoms with Gasteiger partial charge >= 0.3 is 0 Å². The lowest BCUT2D eigenvalue weighted by molar-refractivity contribution is -0.892. The van der Waals surface area contributed by atoms with Crippen LogP contribution in [0.1, 0.15) is 18.4 Å². The number of hydrogen-bond donors (Lipinski definition) is 2. The van der Waals surface area contributed by atoms with Crippen molar-refractivity contribution in [2.75, 3.05) is 44.2 Å². The minimum atomic E-state index is 0.133. The number of hydrogen-bond acceptors (Lipinski definition) is 2. The van der Waals surface area contributed by atoms with E-state index in [-0.39, 0.29) is 5.91 Å². The van der Waals surface area contributed by atoms with E-state index in [0.29, 0.717) is 19.0 Å². The van der Waals surface area contributed by atoms with Crippen LogP contribution in [0.4, 0.5) is 5.69 Å². The van der Waals surface area contributed by atoms with Gasteiger partial charge in [-0.25, -0.2) is 0 Å². The normalized spacial score (nSPS) is 16.3. The summed E-state index contributed by atoms with van der Waals surface area (Å²) in [4.78, 5) is 15.9. The largest absolute Gasteiger partial charge is 0.359 e. The Balaban J connectivity index is 1.41. The van der Waals surface area contributed by atoms with Gasteiger partial charge in [-0.05, 0) is 23.6 Å². The van der Waals surface area contributed by atoms with Gasteiger partial charge < -0.3 is 15.1 Å². The Hall–Kier alpha value is -2.04. The SMILES string of the molecule is C[C@@H](CNC(=O)C[NH+]1CCN(c2ccccc2Cl)CC1)c1ccccc1. The van der Waals surface area contributed by atoms with Gasteiger partial charge in [-0.2, -0.15) is 0 Å². The van der Waals surface area contributed by atoms with Crippen molar-refractivity contribution in [3.05, 3.63) is 65.2 Å². The maximum Gasteiger partial charge on any atom is 0.275 e. The molecule has 1 atom stereocenters. The third-order valence-corrected chi connectivity index (χ3v) is 5.37. The van der Waals surface area contributed by atoms with Crippen LogP contribution >= 0.6 is 11.6 Å². The van der Waals surface area contributed by atoms with Crippen LogP contribution in [-0.2, 0) is 4.79 Å². The van der Waals surface area contributed by atoms with Crippen molar-refractivity contribution in [2.24, 2.45) is 0 Å². The quantitative estimate of drug-likeness (QED) is 0.813. The molecule has 2 aromatic rings. The Morgan fingerprint density at radius 1 is 1.12 bits per heavy atom. The van der Waals surface area contributed by atoms with E-state index >= 15 is 0 Å². The molecule has 0 bridgehead atoms. The molecular weight excluding hydrogens is 346 g/mol. The van der Waals surface area contributed by atoms with Crippen LogP contribution in [0.3, 0.4) is 0 Å². The van der Waals surface area contributed by atoms with Gasteiger partial charge in [0.05, 0.1) is 36.9 Å². The van der Waals surface area contributed by atoms with Crippen LogP contribution in [0.15, 0.2) is 54.6 Å². The first kappa shape index (κ1) is 18.7. The van der Waals surface area contributed by atoms with E-state index in [9.17, 15) is 4.79 Å². The lowest BCUT2D eigenvalue weighted by atomic mass is 10.0. The van der Waals surface area contributed by atoms with Gasteiger partial charge in [0.15, 0.2) is 6.54 Å². The molecule has 138 valence electrons. The van der Waals surface area contributed by atoms with Crippen LogP contribution < -0.4 is 15.1 Å². The Bertz CT molecular complexity index is 714. The number of carbonyl (C=O) groups excluding carboxylic acids is 1. The van der Waals surface area contributed by atoms with E-state index in [1.165, 1.54) is 10.5 Å². The molecule has 2 aromatic carbocycles. The molecule has 0 radical (unpaired) electrons. The average molecular weight is 373 g/mol. The molecule has 1 heterocycles. The van der Waals surface area contributed by atoms with Crippen LogP contribution in [0.5, 0.6) is 0 Å². The summed E-state index contributed by atoms with van der Waals surface area (Å²) in [6, 6.07) is 18.3. The van der Waals surface area contributed by atoms with Crippen molar-refractivity contribution in [1.29, 1.82) is 0 Å².